The van der Waals surface area contributed by atoms with Gasteiger partial charge in [0.15, 0.2) is 0 Å². The van der Waals surface area contributed by atoms with Crippen molar-refractivity contribution >= 4 is 5.97 Å². The molecule has 0 amide bonds. The van der Waals surface area contributed by atoms with Crippen molar-refractivity contribution in [1.29, 1.82) is 0 Å². The summed E-state index contributed by atoms with van der Waals surface area (Å²) in [5.41, 5.74) is -0.554. The Kier molecular flexibility index (Phi) is 4.40. The maximum atomic E-state index is 11.5. The Balaban J connectivity index is 1.53. The number of fused-ring (bicyclic) bond motifs is 1. The van der Waals surface area contributed by atoms with Gasteiger partial charge in [-0.2, -0.15) is 0 Å². The van der Waals surface area contributed by atoms with Gasteiger partial charge in [-0.05, 0) is 54.5 Å². The van der Waals surface area contributed by atoms with Crippen LogP contribution in [-0.4, -0.2) is 48.1 Å². The van der Waals surface area contributed by atoms with E-state index in [1.807, 2.05) is 20.8 Å². The van der Waals surface area contributed by atoms with Gasteiger partial charge in [-0.1, -0.05) is 0 Å². The van der Waals surface area contributed by atoms with Crippen LogP contribution in [0.4, 0.5) is 0 Å². The van der Waals surface area contributed by atoms with Crippen LogP contribution < -0.4 is 5.32 Å². The van der Waals surface area contributed by atoms with E-state index in [2.05, 4.69) is 26.1 Å². The van der Waals surface area contributed by atoms with Gasteiger partial charge < -0.3 is 19.5 Å². The highest BCUT2D eigenvalue weighted by Gasteiger charge is 2.83. The molecule has 0 radical (unpaired) electrons. The van der Waals surface area contributed by atoms with E-state index in [1.54, 1.807) is 0 Å². The molecule has 1 aliphatic heterocycles. The van der Waals surface area contributed by atoms with E-state index in [-0.39, 0.29) is 23.3 Å². The normalized spacial score (nSPS) is 30.8. The molecule has 5 heteroatoms. The molecule has 1 saturated carbocycles. The van der Waals surface area contributed by atoms with Crippen LogP contribution in [0.2, 0.25) is 0 Å². The lowest BCUT2D eigenvalue weighted by atomic mass is 10.2. The number of carbonyl (C=O) groups is 1. The molecular weight excluding hydrogens is 270 g/mol. The van der Waals surface area contributed by atoms with E-state index in [9.17, 15) is 4.79 Å². The van der Waals surface area contributed by atoms with Crippen molar-refractivity contribution in [3.8, 4) is 0 Å². The number of epoxide rings is 1. The third kappa shape index (κ3) is 4.66. The highest BCUT2D eigenvalue weighted by Crippen LogP contribution is 2.64. The monoisotopic (exact) mass is 299 g/mol. The van der Waals surface area contributed by atoms with Gasteiger partial charge in [-0.25, -0.2) is 0 Å². The zero-order valence-electron chi connectivity index (χ0n) is 14.1. The minimum absolute atomic E-state index is 0.0355. The van der Waals surface area contributed by atoms with Crippen LogP contribution in [0, 0.1) is 0 Å². The Morgan fingerprint density at radius 1 is 1.14 bits per heavy atom. The summed E-state index contributed by atoms with van der Waals surface area (Å²) >= 11 is 0. The fraction of sp³-hybridized carbons (Fsp3) is 0.938. The van der Waals surface area contributed by atoms with Gasteiger partial charge in [-0.15, -0.1) is 0 Å². The third-order valence-corrected chi connectivity index (χ3v) is 3.52. The second kappa shape index (κ2) is 5.52. The second-order valence-electron chi connectivity index (χ2n) is 7.98. The first kappa shape index (κ1) is 16.7. The first-order chi connectivity index (χ1) is 9.54. The average molecular weight is 299 g/mol. The van der Waals surface area contributed by atoms with Crippen LogP contribution in [0.15, 0.2) is 0 Å². The van der Waals surface area contributed by atoms with Gasteiger partial charge in [0.1, 0.15) is 23.4 Å². The smallest absolute Gasteiger partial charge is 0.307 e. The fourth-order valence-corrected chi connectivity index (χ4v) is 2.49. The first-order valence-corrected chi connectivity index (χ1v) is 7.82. The molecule has 1 heterocycles. The number of esters is 1. The van der Waals surface area contributed by atoms with E-state index >= 15 is 0 Å². The highest BCUT2D eigenvalue weighted by molar-refractivity contribution is 5.70. The van der Waals surface area contributed by atoms with Gasteiger partial charge in [-0.3, -0.25) is 4.79 Å². The van der Waals surface area contributed by atoms with Crippen molar-refractivity contribution in [2.24, 2.45) is 0 Å². The van der Waals surface area contributed by atoms with Crippen molar-refractivity contribution in [3.63, 3.8) is 0 Å². The molecule has 21 heavy (non-hydrogen) atoms. The minimum Gasteiger partial charge on any atom is -0.460 e. The lowest BCUT2D eigenvalue weighted by Crippen LogP contribution is -2.31. The Bertz CT molecular complexity index is 396. The molecular formula is C16H29NO4. The predicted molar refractivity (Wildman–Crippen MR) is 80.2 cm³/mol. The van der Waals surface area contributed by atoms with Gasteiger partial charge in [0.05, 0.1) is 12.0 Å². The topological polar surface area (TPSA) is 60.1 Å². The molecule has 5 nitrogen and oxygen atoms in total. The summed E-state index contributed by atoms with van der Waals surface area (Å²) in [5, 5.41) is 3.27. The van der Waals surface area contributed by atoms with Crippen molar-refractivity contribution < 1.29 is 19.0 Å². The van der Waals surface area contributed by atoms with Gasteiger partial charge in [0.25, 0.3) is 0 Å². The third-order valence-electron chi connectivity index (χ3n) is 3.52. The molecule has 1 N–H and O–H groups in total. The lowest BCUT2D eigenvalue weighted by Gasteiger charge is -2.23. The quantitative estimate of drug-likeness (QED) is 0.443. The van der Waals surface area contributed by atoms with Crippen molar-refractivity contribution in [2.75, 3.05) is 13.1 Å². The minimum atomic E-state index is -0.406. The molecule has 0 bridgehead atoms. The molecule has 0 aromatic heterocycles. The van der Waals surface area contributed by atoms with Crippen molar-refractivity contribution in [3.05, 3.63) is 0 Å². The molecule has 0 aromatic carbocycles. The van der Waals surface area contributed by atoms with Crippen molar-refractivity contribution in [1.82, 2.24) is 5.32 Å². The van der Waals surface area contributed by atoms with Crippen LogP contribution in [-0.2, 0) is 19.0 Å². The molecule has 3 unspecified atom stereocenters. The summed E-state index contributed by atoms with van der Waals surface area (Å²) in [7, 11) is 0. The fourth-order valence-electron chi connectivity index (χ4n) is 2.49. The molecule has 3 atom stereocenters. The standard InChI is InChI=1S/C16H29NO4/c1-14(2,3)19-11(18)7-9-17-10-8-16-12(13(16)21-16)20-15(4,5)6/h12-13,17H,7-10H2,1-6H3. The molecule has 2 rings (SSSR count). The first-order valence-electron chi connectivity index (χ1n) is 7.82. The molecule has 2 aliphatic rings. The lowest BCUT2D eigenvalue weighted by molar-refractivity contribution is -0.154. The molecule has 1 aliphatic carbocycles. The van der Waals surface area contributed by atoms with Crippen molar-refractivity contribution in [2.45, 2.75) is 83.4 Å². The largest absolute Gasteiger partial charge is 0.460 e. The van der Waals surface area contributed by atoms with Crippen LogP contribution in [0.25, 0.3) is 0 Å². The number of ether oxygens (including phenoxy) is 3. The Morgan fingerprint density at radius 2 is 1.81 bits per heavy atom. The van der Waals surface area contributed by atoms with Crippen LogP contribution >= 0.6 is 0 Å². The molecule has 1 saturated heterocycles. The number of nitrogens with one attached hydrogen (secondary N) is 1. The maximum Gasteiger partial charge on any atom is 0.307 e. The highest BCUT2D eigenvalue weighted by atomic mass is 16.7. The Morgan fingerprint density at radius 3 is 2.33 bits per heavy atom. The van der Waals surface area contributed by atoms with Gasteiger partial charge >= 0.3 is 5.97 Å². The number of hydrogen-bond acceptors (Lipinski definition) is 5. The van der Waals surface area contributed by atoms with Crippen LogP contribution in [0.5, 0.6) is 0 Å². The zero-order chi connectivity index (χ0) is 15.9. The number of hydrogen-bond donors (Lipinski definition) is 1. The average Bonchev–Trinajstić information content (AvgIpc) is 3.11. The molecule has 2 fully saturated rings. The number of rotatable bonds is 7. The predicted octanol–water partition coefficient (Wildman–Crippen LogP) is 2.03. The summed E-state index contributed by atoms with van der Waals surface area (Å²) in [5.74, 6) is -0.158. The summed E-state index contributed by atoms with van der Waals surface area (Å²) in [6, 6.07) is 0. The van der Waals surface area contributed by atoms with E-state index in [1.165, 1.54) is 0 Å². The zero-order valence-corrected chi connectivity index (χ0v) is 14.1. The van der Waals surface area contributed by atoms with E-state index in [0.717, 1.165) is 13.0 Å². The van der Waals surface area contributed by atoms with Gasteiger partial charge in [0.2, 0.25) is 0 Å². The molecule has 0 aromatic rings. The summed E-state index contributed by atoms with van der Waals surface area (Å²) in [6.07, 6.45) is 1.89. The molecule has 0 spiro atoms. The summed E-state index contributed by atoms with van der Waals surface area (Å²) < 4.78 is 16.8. The van der Waals surface area contributed by atoms with E-state index in [4.69, 9.17) is 14.2 Å². The molecule has 122 valence electrons. The maximum absolute atomic E-state index is 11.5. The van der Waals surface area contributed by atoms with Crippen LogP contribution in [0.3, 0.4) is 0 Å². The van der Waals surface area contributed by atoms with Crippen LogP contribution in [0.1, 0.15) is 54.4 Å². The SMILES string of the molecule is CC(C)(C)OC(=O)CCNCCC12OC1C2OC(C)(C)C. The second-order valence-corrected chi connectivity index (χ2v) is 7.98. The van der Waals surface area contributed by atoms with E-state index < -0.39 is 5.60 Å². The Hall–Kier alpha value is -0.650. The summed E-state index contributed by atoms with van der Waals surface area (Å²) in [6.45, 7) is 13.3. The number of carbonyl (C=O) groups excluding carboxylic acids is 1. The Labute approximate surface area is 127 Å². The van der Waals surface area contributed by atoms with Gasteiger partial charge in [0, 0.05) is 6.54 Å². The summed E-state index contributed by atoms with van der Waals surface area (Å²) in [4.78, 5) is 11.5. The van der Waals surface area contributed by atoms with E-state index in [0.29, 0.717) is 19.1 Å².